The van der Waals surface area contributed by atoms with Crippen molar-refractivity contribution in [2.24, 2.45) is 5.73 Å². The van der Waals surface area contributed by atoms with Gasteiger partial charge in [-0.2, -0.15) is 0 Å². The summed E-state index contributed by atoms with van der Waals surface area (Å²) in [6, 6.07) is 8.58. The van der Waals surface area contributed by atoms with E-state index in [-0.39, 0.29) is 0 Å². The first-order valence-corrected chi connectivity index (χ1v) is 7.41. The monoisotopic (exact) mass is 264 g/mol. The molecule has 1 aromatic carbocycles. The van der Waals surface area contributed by atoms with Gasteiger partial charge in [0.25, 0.3) is 0 Å². The molecule has 0 fully saturated rings. The van der Waals surface area contributed by atoms with Crippen LogP contribution in [0.5, 0.6) is 0 Å². The summed E-state index contributed by atoms with van der Waals surface area (Å²) >= 11 is 0. The molecule has 1 aromatic rings. The summed E-state index contributed by atoms with van der Waals surface area (Å²) in [7, 11) is 0. The van der Waals surface area contributed by atoms with E-state index >= 15 is 0 Å². The van der Waals surface area contributed by atoms with E-state index < -0.39 is 0 Å². The molecule has 1 rings (SSSR count). The fourth-order valence-corrected chi connectivity index (χ4v) is 1.20. The van der Waals surface area contributed by atoms with Crippen LogP contribution in [0.2, 0.25) is 0 Å². The number of hydrogen-bond donors (Lipinski definition) is 2. The minimum absolute atomic E-state index is 0.726. The fraction of sp³-hybridized carbons (Fsp3) is 0.529. The molecular formula is C17H32N2. The summed E-state index contributed by atoms with van der Waals surface area (Å²) in [4.78, 5) is 0. The highest BCUT2D eigenvalue weighted by molar-refractivity contribution is 5.22. The molecular weight excluding hydrogens is 232 g/mol. The summed E-state index contributed by atoms with van der Waals surface area (Å²) in [6.07, 6.45) is 4.20. The van der Waals surface area contributed by atoms with Crippen molar-refractivity contribution in [3.8, 4) is 0 Å². The van der Waals surface area contributed by atoms with Crippen molar-refractivity contribution < 1.29 is 0 Å². The van der Waals surface area contributed by atoms with Crippen molar-refractivity contribution in [2.75, 3.05) is 0 Å². The first-order valence-electron chi connectivity index (χ1n) is 7.41. The SMILES string of the molecule is C/C=C(/N)NCc1ccc(CC)cc1.CC.CCC. The van der Waals surface area contributed by atoms with Crippen molar-refractivity contribution in [1.29, 1.82) is 0 Å². The lowest BCUT2D eigenvalue weighted by atomic mass is 10.1. The summed E-state index contributed by atoms with van der Waals surface area (Å²) in [5.74, 6) is 0.726. The van der Waals surface area contributed by atoms with Gasteiger partial charge in [-0.1, -0.05) is 65.3 Å². The Hall–Kier alpha value is -1.44. The molecule has 0 aromatic heterocycles. The minimum Gasteiger partial charge on any atom is -0.386 e. The van der Waals surface area contributed by atoms with Crippen molar-refractivity contribution in [1.82, 2.24) is 5.32 Å². The maximum absolute atomic E-state index is 5.63. The molecule has 0 aliphatic rings. The number of nitrogens with one attached hydrogen (secondary N) is 1. The average Bonchev–Trinajstić information content (AvgIpc) is 2.48. The Labute approximate surface area is 120 Å². The van der Waals surface area contributed by atoms with E-state index in [1.54, 1.807) is 0 Å². The summed E-state index contributed by atoms with van der Waals surface area (Å²) in [6.45, 7) is 13.1. The van der Waals surface area contributed by atoms with Gasteiger partial charge in [-0.15, -0.1) is 0 Å². The predicted molar refractivity (Wildman–Crippen MR) is 87.9 cm³/mol. The largest absolute Gasteiger partial charge is 0.386 e. The number of nitrogens with two attached hydrogens (primary N) is 1. The van der Waals surface area contributed by atoms with Gasteiger partial charge in [0.1, 0.15) is 0 Å². The molecule has 0 amide bonds. The van der Waals surface area contributed by atoms with Crippen LogP contribution in [0, 0.1) is 0 Å². The lowest BCUT2D eigenvalue weighted by Crippen LogP contribution is -2.18. The number of allylic oxidation sites excluding steroid dienone is 1. The highest BCUT2D eigenvalue weighted by Crippen LogP contribution is 2.04. The maximum Gasteiger partial charge on any atom is 0.0918 e. The normalized spacial score (nSPS) is 9.68. The smallest absolute Gasteiger partial charge is 0.0918 e. The van der Waals surface area contributed by atoms with Crippen LogP contribution in [0.1, 0.15) is 59.1 Å². The van der Waals surface area contributed by atoms with Crippen LogP contribution in [-0.4, -0.2) is 0 Å². The molecule has 3 N–H and O–H groups in total. The van der Waals surface area contributed by atoms with Gasteiger partial charge in [0.05, 0.1) is 5.82 Å². The summed E-state index contributed by atoms with van der Waals surface area (Å²) < 4.78 is 0. The number of rotatable bonds is 4. The van der Waals surface area contributed by atoms with Crippen LogP contribution >= 0.6 is 0 Å². The van der Waals surface area contributed by atoms with Crippen LogP contribution in [0.25, 0.3) is 0 Å². The molecule has 19 heavy (non-hydrogen) atoms. The molecule has 0 radical (unpaired) electrons. The lowest BCUT2D eigenvalue weighted by molar-refractivity contribution is 0.797. The second-order valence-electron chi connectivity index (χ2n) is 3.97. The molecule has 0 aliphatic carbocycles. The highest BCUT2D eigenvalue weighted by atomic mass is 15.0. The second kappa shape index (κ2) is 14.6. The van der Waals surface area contributed by atoms with E-state index in [1.165, 1.54) is 17.5 Å². The Kier molecular flexibility index (Phi) is 15.3. The van der Waals surface area contributed by atoms with E-state index in [0.717, 1.165) is 18.8 Å². The first-order chi connectivity index (χ1) is 9.17. The predicted octanol–water partition coefficient (Wildman–Crippen LogP) is 4.60. The first kappa shape index (κ1) is 19.9. The Morgan fingerprint density at radius 1 is 1.05 bits per heavy atom. The van der Waals surface area contributed by atoms with Crippen LogP contribution in [0.4, 0.5) is 0 Å². The third-order valence-electron chi connectivity index (χ3n) is 2.24. The van der Waals surface area contributed by atoms with Gasteiger partial charge in [-0.25, -0.2) is 0 Å². The van der Waals surface area contributed by atoms with E-state index in [1.807, 2.05) is 26.8 Å². The molecule has 110 valence electrons. The standard InChI is InChI=1S/C12H18N2.C3H8.C2H6/c1-3-10-5-7-11(8-6-10)9-14-12(13)4-2;1-3-2;1-2/h4-8,14H,3,9,13H2,1-2H3;3H2,1-2H3;1-2H3/b12-4-;;. The fourth-order valence-electron chi connectivity index (χ4n) is 1.20. The van der Waals surface area contributed by atoms with Crippen molar-refractivity contribution in [3.05, 3.63) is 47.3 Å². The zero-order valence-electron chi connectivity index (χ0n) is 13.6. The van der Waals surface area contributed by atoms with Crippen molar-refractivity contribution >= 4 is 0 Å². The second-order valence-corrected chi connectivity index (χ2v) is 3.97. The van der Waals surface area contributed by atoms with Gasteiger partial charge < -0.3 is 11.1 Å². The molecule has 0 atom stereocenters. The Bertz CT molecular complexity index is 313. The molecule has 2 nitrogen and oxygen atoms in total. The molecule has 0 saturated heterocycles. The molecule has 0 saturated carbocycles. The van der Waals surface area contributed by atoms with E-state index in [2.05, 4.69) is 50.4 Å². The summed E-state index contributed by atoms with van der Waals surface area (Å²) in [5.41, 5.74) is 8.25. The van der Waals surface area contributed by atoms with Crippen molar-refractivity contribution in [2.45, 2.75) is 60.9 Å². The van der Waals surface area contributed by atoms with E-state index in [0.29, 0.717) is 0 Å². The lowest BCUT2D eigenvalue weighted by Gasteiger charge is -2.06. The molecule has 0 unspecified atom stereocenters. The van der Waals surface area contributed by atoms with Gasteiger partial charge in [0.15, 0.2) is 0 Å². The number of aryl methyl sites for hydroxylation is 1. The third kappa shape index (κ3) is 11.4. The topological polar surface area (TPSA) is 38.0 Å². The quantitative estimate of drug-likeness (QED) is 0.834. The zero-order chi connectivity index (χ0) is 15.1. The molecule has 0 spiro atoms. The minimum atomic E-state index is 0.726. The van der Waals surface area contributed by atoms with E-state index in [9.17, 15) is 0 Å². The summed E-state index contributed by atoms with van der Waals surface area (Å²) in [5, 5.41) is 3.12. The van der Waals surface area contributed by atoms with Gasteiger partial charge in [-0.3, -0.25) is 0 Å². The molecule has 2 heteroatoms. The third-order valence-corrected chi connectivity index (χ3v) is 2.24. The van der Waals surface area contributed by atoms with Gasteiger partial charge in [0, 0.05) is 6.54 Å². The van der Waals surface area contributed by atoms with Crippen LogP contribution in [0.3, 0.4) is 0 Å². The van der Waals surface area contributed by atoms with Gasteiger partial charge >= 0.3 is 0 Å². The van der Waals surface area contributed by atoms with Crippen LogP contribution in [-0.2, 0) is 13.0 Å². The Balaban J connectivity index is 0. The Morgan fingerprint density at radius 2 is 1.47 bits per heavy atom. The molecule has 0 aliphatic heterocycles. The van der Waals surface area contributed by atoms with Crippen LogP contribution < -0.4 is 11.1 Å². The Morgan fingerprint density at radius 3 is 1.84 bits per heavy atom. The zero-order valence-corrected chi connectivity index (χ0v) is 13.6. The highest BCUT2D eigenvalue weighted by Gasteiger charge is 1.93. The number of hydrogen-bond acceptors (Lipinski definition) is 2. The van der Waals surface area contributed by atoms with Crippen molar-refractivity contribution in [3.63, 3.8) is 0 Å². The maximum atomic E-state index is 5.63. The molecule has 0 bridgehead atoms. The molecule has 0 heterocycles. The van der Waals surface area contributed by atoms with E-state index in [4.69, 9.17) is 5.73 Å². The van der Waals surface area contributed by atoms with Gasteiger partial charge in [-0.05, 0) is 30.5 Å². The van der Waals surface area contributed by atoms with Crippen LogP contribution in [0.15, 0.2) is 36.2 Å². The average molecular weight is 264 g/mol. The van der Waals surface area contributed by atoms with Gasteiger partial charge in [0.2, 0.25) is 0 Å². The number of benzene rings is 1.